The lowest BCUT2D eigenvalue weighted by molar-refractivity contribution is -0.129. The quantitative estimate of drug-likeness (QED) is 0.447. The number of amides is 1. The summed E-state index contributed by atoms with van der Waals surface area (Å²) in [5, 5.41) is 0. The molecular formula is C6H11NO. The van der Waals surface area contributed by atoms with E-state index in [0.29, 0.717) is 5.91 Å². The fourth-order valence-corrected chi connectivity index (χ4v) is 0.997. The molecule has 1 saturated heterocycles. The molecule has 46 valence electrons. The van der Waals surface area contributed by atoms with Gasteiger partial charge < -0.3 is 4.90 Å². The van der Waals surface area contributed by atoms with Crippen LogP contribution < -0.4 is 0 Å². The van der Waals surface area contributed by atoms with E-state index in [9.17, 15) is 4.79 Å². The van der Waals surface area contributed by atoms with E-state index >= 15 is 0 Å². The van der Waals surface area contributed by atoms with E-state index in [1.165, 1.54) is 0 Å². The first-order valence-electron chi connectivity index (χ1n) is 2.97. The summed E-state index contributed by atoms with van der Waals surface area (Å²) in [5.41, 5.74) is 0. The lowest BCUT2D eigenvalue weighted by Crippen LogP contribution is -2.21. The van der Waals surface area contributed by atoms with Gasteiger partial charge in [-0.05, 0) is 6.42 Å². The first-order chi connectivity index (χ1) is 3.72. The molecule has 0 aromatic carbocycles. The number of hydrogen-bond acceptors (Lipinski definition) is 1. The van der Waals surface area contributed by atoms with Gasteiger partial charge in [-0.1, -0.05) is 6.92 Å². The van der Waals surface area contributed by atoms with Crippen LogP contribution >= 0.6 is 0 Å². The van der Waals surface area contributed by atoms with Crippen LogP contribution in [0.15, 0.2) is 0 Å². The molecule has 0 radical (unpaired) electrons. The highest BCUT2D eigenvalue weighted by molar-refractivity contribution is 5.80. The predicted molar refractivity (Wildman–Crippen MR) is 31.4 cm³/mol. The highest BCUT2D eigenvalue weighted by Crippen LogP contribution is 2.13. The molecule has 8 heavy (non-hydrogen) atoms. The van der Waals surface area contributed by atoms with Crippen LogP contribution in [0.1, 0.15) is 13.3 Å². The summed E-state index contributed by atoms with van der Waals surface area (Å²) >= 11 is 0. The molecule has 0 aromatic rings. The van der Waals surface area contributed by atoms with Crippen molar-refractivity contribution in [2.45, 2.75) is 13.3 Å². The van der Waals surface area contributed by atoms with Crippen LogP contribution in [0.25, 0.3) is 0 Å². The number of nitrogens with zero attached hydrogens (tertiary/aromatic N) is 1. The van der Waals surface area contributed by atoms with Gasteiger partial charge in [0, 0.05) is 19.5 Å². The van der Waals surface area contributed by atoms with Gasteiger partial charge in [0.15, 0.2) is 0 Å². The van der Waals surface area contributed by atoms with Crippen molar-refractivity contribution in [3.05, 3.63) is 0 Å². The highest BCUT2D eigenvalue weighted by atomic mass is 16.2. The van der Waals surface area contributed by atoms with E-state index in [2.05, 4.69) is 0 Å². The van der Waals surface area contributed by atoms with Crippen LogP contribution in [0.3, 0.4) is 0 Å². The molecule has 1 amide bonds. The van der Waals surface area contributed by atoms with Crippen molar-refractivity contribution in [3.8, 4) is 0 Å². The van der Waals surface area contributed by atoms with E-state index < -0.39 is 0 Å². The van der Waals surface area contributed by atoms with Crippen molar-refractivity contribution in [1.82, 2.24) is 4.90 Å². The number of rotatable bonds is 0. The Morgan fingerprint density at radius 1 is 1.75 bits per heavy atom. The second-order valence-electron chi connectivity index (χ2n) is 2.45. The molecule has 1 aliphatic heterocycles. The molecule has 0 spiro atoms. The number of hydrogen-bond donors (Lipinski definition) is 0. The molecule has 0 N–H and O–H groups in total. The molecule has 0 saturated carbocycles. The smallest absolute Gasteiger partial charge is 0.225 e. The molecule has 1 fully saturated rings. The zero-order valence-electron chi connectivity index (χ0n) is 5.35. The van der Waals surface area contributed by atoms with Crippen LogP contribution in [-0.4, -0.2) is 24.4 Å². The second kappa shape index (κ2) is 1.77. The van der Waals surface area contributed by atoms with Crippen LogP contribution in [0.5, 0.6) is 0 Å². The largest absolute Gasteiger partial charge is 0.346 e. The van der Waals surface area contributed by atoms with Gasteiger partial charge in [-0.15, -0.1) is 0 Å². The molecule has 1 atom stereocenters. The molecular weight excluding hydrogens is 102 g/mol. The normalized spacial score (nSPS) is 29.5. The van der Waals surface area contributed by atoms with Gasteiger partial charge in [0.25, 0.3) is 0 Å². The van der Waals surface area contributed by atoms with E-state index in [-0.39, 0.29) is 5.92 Å². The fourth-order valence-electron chi connectivity index (χ4n) is 0.997. The summed E-state index contributed by atoms with van der Waals surface area (Å²) < 4.78 is 0. The predicted octanol–water partition coefficient (Wildman–Crippen LogP) is 0.485. The third-order valence-electron chi connectivity index (χ3n) is 1.70. The van der Waals surface area contributed by atoms with E-state index in [1.807, 2.05) is 14.0 Å². The van der Waals surface area contributed by atoms with Gasteiger partial charge in [-0.25, -0.2) is 0 Å². The highest BCUT2D eigenvalue weighted by Gasteiger charge is 2.23. The number of carbonyl (C=O) groups is 1. The minimum absolute atomic E-state index is 0.278. The topological polar surface area (TPSA) is 20.3 Å². The molecule has 0 aromatic heterocycles. The van der Waals surface area contributed by atoms with E-state index in [1.54, 1.807) is 4.90 Å². The molecule has 0 bridgehead atoms. The van der Waals surface area contributed by atoms with Gasteiger partial charge >= 0.3 is 0 Å². The van der Waals surface area contributed by atoms with Crippen LogP contribution in [0.2, 0.25) is 0 Å². The van der Waals surface area contributed by atoms with Crippen molar-refractivity contribution >= 4 is 5.91 Å². The first kappa shape index (κ1) is 5.60. The van der Waals surface area contributed by atoms with Crippen molar-refractivity contribution in [2.24, 2.45) is 5.92 Å². The maximum Gasteiger partial charge on any atom is 0.225 e. The Morgan fingerprint density at radius 3 is 2.50 bits per heavy atom. The van der Waals surface area contributed by atoms with E-state index in [0.717, 1.165) is 13.0 Å². The molecule has 0 aliphatic carbocycles. The van der Waals surface area contributed by atoms with Gasteiger partial charge in [-0.3, -0.25) is 4.79 Å². The van der Waals surface area contributed by atoms with Crippen molar-refractivity contribution in [2.75, 3.05) is 13.6 Å². The maximum absolute atomic E-state index is 10.8. The SMILES string of the molecule is C[C@H]1CCN(C)C1=O. The van der Waals surface area contributed by atoms with Gasteiger partial charge in [0.2, 0.25) is 5.91 Å². The van der Waals surface area contributed by atoms with Crippen molar-refractivity contribution in [3.63, 3.8) is 0 Å². The molecule has 1 heterocycles. The molecule has 2 heteroatoms. The van der Waals surface area contributed by atoms with Gasteiger partial charge in [0.1, 0.15) is 0 Å². The Labute approximate surface area is 49.5 Å². The monoisotopic (exact) mass is 113 g/mol. The average Bonchev–Trinajstić information content (AvgIpc) is 1.98. The third-order valence-corrected chi connectivity index (χ3v) is 1.70. The summed E-state index contributed by atoms with van der Waals surface area (Å²) in [5.74, 6) is 0.574. The Hall–Kier alpha value is -0.530. The minimum Gasteiger partial charge on any atom is -0.346 e. The summed E-state index contributed by atoms with van der Waals surface area (Å²) in [6, 6.07) is 0. The summed E-state index contributed by atoms with van der Waals surface area (Å²) in [6.07, 6.45) is 1.04. The molecule has 1 rings (SSSR count). The second-order valence-corrected chi connectivity index (χ2v) is 2.45. The lowest BCUT2D eigenvalue weighted by Gasteiger charge is -2.05. The summed E-state index contributed by atoms with van der Waals surface area (Å²) in [7, 11) is 1.85. The summed E-state index contributed by atoms with van der Waals surface area (Å²) in [6.45, 7) is 2.92. The standard InChI is InChI=1S/C6H11NO/c1-5-3-4-7(2)6(5)8/h5H,3-4H2,1-2H3/t5-/m0/s1. The third kappa shape index (κ3) is 0.703. The fraction of sp³-hybridized carbons (Fsp3) is 0.833. The molecule has 0 unspecified atom stereocenters. The van der Waals surface area contributed by atoms with Crippen molar-refractivity contribution < 1.29 is 4.79 Å². The zero-order valence-corrected chi connectivity index (χ0v) is 5.35. The van der Waals surface area contributed by atoms with Crippen LogP contribution in [0.4, 0.5) is 0 Å². The van der Waals surface area contributed by atoms with Crippen molar-refractivity contribution in [1.29, 1.82) is 0 Å². The lowest BCUT2D eigenvalue weighted by atomic mass is 10.1. The van der Waals surface area contributed by atoms with Crippen LogP contribution in [0, 0.1) is 5.92 Å². The maximum atomic E-state index is 10.8. The zero-order chi connectivity index (χ0) is 6.15. The molecule has 1 aliphatic rings. The average molecular weight is 113 g/mol. The molecule has 2 nitrogen and oxygen atoms in total. The number of carbonyl (C=O) groups excluding carboxylic acids is 1. The Bertz CT molecular complexity index is 99.1. The van der Waals surface area contributed by atoms with Gasteiger partial charge in [-0.2, -0.15) is 0 Å². The van der Waals surface area contributed by atoms with E-state index in [4.69, 9.17) is 0 Å². The van der Waals surface area contributed by atoms with Crippen LogP contribution in [-0.2, 0) is 4.79 Å². The van der Waals surface area contributed by atoms with Gasteiger partial charge in [0.05, 0.1) is 0 Å². The minimum atomic E-state index is 0.278. The summed E-state index contributed by atoms with van der Waals surface area (Å²) in [4.78, 5) is 12.6. The number of likely N-dealkylation sites (tertiary alicyclic amines) is 1. The Morgan fingerprint density at radius 2 is 2.38 bits per heavy atom. The first-order valence-corrected chi connectivity index (χ1v) is 2.97. The Kier molecular flexibility index (Phi) is 1.24. The Balaban J connectivity index is 2.57.